The zero-order valence-corrected chi connectivity index (χ0v) is 14.7. The zero-order valence-electron chi connectivity index (χ0n) is 12.6. The first-order chi connectivity index (χ1) is 11.0. The van der Waals surface area contributed by atoms with E-state index >= 15 is 0 Å². The highest BCUT2D eigenvalue weighted by atomic mass is 127. The van der Waals surface area contributed by atoms with E-state index in [9.17, 15) is 14.4 Å². The Morgan fingerprint density at radius 2 is 1.65 bits per heavy atom. The van der Waals surface area contributed by atoms with E-state index in [0.717, 1.165) is 12.8 Å². The second kappa shape index (κ2) is 7.49. The molecule has 1 aromatic rings. The van der Waals surface area contributed by atoms with Crippen LogP contribution in [0.2, 0.25) is 0 Å². The third kappa shape index (κ3) is 4.47. The summed E-state index contributed by atoms with van der Waals surface area (Å²) < 4.78 is 10.9. The number of ether oxygens (including phenoxy) is 2. The standard InChI is InChI=1S/C14H16IN3O5/c1-22-10-5-8(9(15)6-11(10)23-2)12(19)17-18-14(21)13(20)16-7-3-4-7/h5-7H,3-4H2,1-2H3,(H,16,20)(H,17,19)(H,18,21). The van der Waals surface area contributed by atoms with Crippen LogP contribution in [0.4, 0.5) is 0 Å². The van der Waals surface area contributed by atoms with E-state index in [2.05, 4.69) is 16.2 Å². The molecule has 0 bridgehead atoms. The molecule has 1 aromatic carbocycles. The maximum absolute atomic E-state index is 12.1. The highest BCUT2D eigenvalue weighted by molar-refractivity contribution is 14.1. The second-order valence-corrected chi connectivity index (χ2v) is 6.01. The Bertz CT molecular complexity index is 646. The molecular formula is C14H16IN3O5. The highest BCUT2D eigenvalue weighted by Crippen LogP contribution is 2.31. The number of nitrogens with one attached hydrogen (secondary N) is 3. The van der Waals surface area contributed by atoms with Crippen molar-refractivity contribution in [2.45, 2.75) is 18.9 Å². The van der Waals surface area contributed by atoms with Gasteiger partial charge in [-0.1, -0.05) is 0 Å². The Labute approximate surface area is 146 Å². The van der Waals surface area contributed by atoms with E-state index in [1.165, 1.54) is 20.3 Å². The van der Waals surface area contributed by atoms with Gasteiger partial charge in [-0.05, 0) is 47.6 Å². The average Bonchev–Trinajstić information content (AvgIpc) is 3.35. The lowest BCUT2D eigenvalue weighted by molar-refractivity contribution is -0.139. The molecule has 124 valence electrons. The number of amides is 3. The normalized spacial score (nSPS) is 13.0. The van der Waals surface area contributed by atoms with Gasteiger partial charge in [-0.2, -0.15) is 0 Å². The number of benzene rings is 1. The summed E-state index contributed by atoms with van der Waals surface area (Å²) >= 11 is 1.96. The molecule has 2 rings (SSSR count). The first-order valence-corrected chi connectivity index (χ1v) is 7.86. The van der Waals surface area contributed by atoms with Gasteiger partial charge >= 0.3 is 11.8 Å². The minimum Gasteiger partial charge on any atom is -0.493 e. The van der Waals surface area contributed by atoms with Gasteiger partial charge in [0, 0.05) is 9.61 Å². The number of hydrogen-bond acceptors (Lipinski definition) is 5. The predicted octanol–water partition coefficient (Wildman–Crippen LogP) is 0.348. The van der Waals surface area contributed by atoms with E-state index in [4.69, 9.17) is 9.47 Å². The van der Waals surface area contributed by atoms with Crippen molar-refractivity contribution in [3.63, 3.8) is 0 Å². The van der Waals surface area contributed by atoms with Gasteiger partial charge in [0.2, 0.25) is 0 Å². The van der Waals surface area contributed by atoms with E-state index in [1.54, 1.807) is 6.07 Å². The molecule has 8 nitrogen and oxygen atoms in total. The van der Waals surface area contributed by atoms with Crippen molar-refractivity contribution in [2.75, 3.05) is 14.2 Å². The molecule has 0 aromatic heterocycles. The zero-order chi connectivity index (χ0) is 17.0. The minimum atomic E-state index is -0.916. The lowest BCUT2D eigenvalue weighted by atomic mass is 10.2. The van der Waals surface area contributed by atoms with Crippen LogP contribution in [0.5, 0.6) is 11.5 Å². The summed E-state index contributed by atoms with van der Waals surface area (Å²) in [7, 11) is 2.95. The summed E-state index contributed by atoms with van der Waals surface area (Å²) in [5.41, 5.74) is 4.57. The van der Waals surface area contributed by atoms with Crippen LogP contribution in [-0.4, -0.2) is 38.0 Å². The van der Waals surface area contributed by atoms with Gasteiger partial charge in [0.25, 0.3) is 5.91 Å². The maximum Gasteiger partial charge on any atom is 0.327 e. The van der Waals surface area contributed by atoms with Crippen LogP contribution in [0.3, 0.4) is 0 Å². The summed E-state index contributed by atoms with van der Waals surface area (Å²) in [5.74, 6) is -1.38. The van der Waals surface area contributed by atoms with Gasteiger partial charge in [0.15, 0.2) is 11.5 Å². The maximum atomic E-state index is 12.1. The fourth-order valence-corrected chi connectivity index (χ4v) is 2.43. The number of hydrogen-bond donors (Lipinski definition) is 3. The predicted molar refractivity (Wildman–Crippen MR) is 89.0 cm³/mol. The molecule has 0 saturated heterocycles. The molecule has 0 aliphatic heterocycles. The van der Waals surface area contributed by atoms with Crippen LogP contribution in [0, 0.1) is 3.57 Å². The third-order valence-electron chi connectivity index (χ3n) is 3.13. The fourth-order valence-electron chi connectivity index (χ4n) is 1.74. The Morgan fingerprint density at radius 3 is 2.22 bits per heavy atom. The molecule has 1 fully saturated rings. The van der Waals surface area contributed by atoms with Gasteiger partial charge in [-0.15, -0.1) is 0 Å². The van der Waals surface area contributed by atoms with Gasteiger partial charge in [0.05, 0.1) is 19.8 Å². The molecule has 23 heavy (non-hydrogen) atoms. The largest absolute Gasteiger partial charge is 0.493 e. The summed E-state index contributed by atoms with van der Waals surface area (Å²) in [6.07, 6.45) is 1.74. The van der Waals surface area contributed by atoms with Gasteiger partial charge < -0.3 is 14.8 Å². The van der Waals surface area contributed by atoms with Crippen molar-refractivity contribution in [1.29, 1.82) is 0 Å². The number of carbonyl (C=O) groups excluding carboxylic acids is 3. The Kier molecular flexibility index (Phi) is 5.64. The van der Waals surface area contributed by atoms with Crippen molar-refractivity contribution in [2.24, 2.45) is 0 Å². The topological polar surface area (TPSA) is 106 Å². The summed E-state index contributed by atoms with van der Waals surface area (Å²) in [6, 6.07) is 3.19. The number of hydrazine groups is 1. The first kappa shape index (κ1) is 17.3. The first-order valence-electron chi connectivity index (χ1n) is 6.79. The van der Waals surface area contributed by atoms with Crippen LogP contribution in [0.15, 0.2) is 12.1 Å². The van der Waals surface area contributed by atoms with Crippen molar-refractivity contribution < 1.29 is 23.9 Å². The molecule has 0 atom stereocenters. The lowest BCUT2D eigenvalue weighted by Crippen LogP contribution is -2.49. The van der Waals surface area contributed by atoms with E-state index in [1.807, 2.05) is 22.6 Å². The van der Waals surface area contributed by atoms with Crippen molar-refractivity contribution in [3.8, 4) is 11.5 Å². The van der Waals surface area contributed by atoms with Crippen molar-refractivity contribution in [3.05, 3.63) is 21.3 Å². The third-order valence-corrected chi connectivity index (χ3v) is 4.02. The lowest BCUT2D eigenvalue weighted by Gasteiger charge is -2.12. The van der Waals surface area contributed by atoms with Crippen LogP contribution in [0.1, 0.15) is 23.2 Å². The van der Waals surface area contributed by atoms with Crippen LogP contribution in [-0.2, 0) is 9.59 Å². The molecule has 0 radical (unpaired) electrons. The number of carbonyl (C=O) groups is 3. The molecule has 1 aliphatic carbocycles. The smallest absolute Gasteiger partial charge is 0.327 e. The van der Waals surface area contributed by atoms with Crippen LogP contribution in [0.25, 0.3) is 0 Å². The van der Waals surface area contributed by atoms with E-state index in [0.29, 0.717) is 15.1 Å². The SMILES string of the molecule is COc1cc(I)c(C(=O)NNC(=O)C(=O)NC2CC2)cc1OC. The number of methoxy groups -OCH3 is 2. The van der Waals surface area contributed by atoms with Crippen molar-refractivity contribution >= 4 is 40.3 Å². The Balaban J connectivity index is 1.99. The molecule has 0 heterocycles. The number of rotatable bonds is 4. The van der Waals surface area contributed by atoms with Gasteiger partial charge in [-0.25, -0.2) is 0 Å². The van der Waals surface area contributed by atoms with Crippen molar-refractivity contribution in [1.82, 2.24) is 16.2 Å². The summed E-state index contributed by atoms with van der Waals surface area (Å²) in [4.78, 5) is 35.2. The summed E-state index contributed by atoms with van der Waals surface area (Å²) in [6.45, 7) is 0. The average molecular weight is 433 g/mol. The quantitative estimate of drug-likeness (QED) is 0.361. The van der Waals surface area contributed by atoms with Gasteiger partial charge in [0.1, 0.15) is 0 Å². The molecule has 0 spiro atoms. The van der Waals surface area contributed by atoms with Gasteiger partial charge in [-0.3, -0.25) is 25.2 Å². The molecular weight excluding hydrogens is 417 g/mol. The molecule has 9 heteroatoms. The van der Waals surface area contributed by atoms with E-state index < -0.39 is 17.7 Å². The van der Waals surface area contributed by atoms with Crippen LogP contribution < -0.4 is 25.6 Å². The monoisotopic (exact) mass is 433 g/mol. The van der Waals surface area contributed by atoms with E-state index in [-0.39, 0.29) is 11.6 Å². The van der Waals surface area contributed by atoms with Crippen LogP contribution >= 0.6 is 22.6 Å². The second-order valence-electron chi connectivity index (χ2n) is 4.84. The Morgan fingerprint density at radius 1 is 1.04 bits per heavy atom. The summed E-state index contributed by atoms with van der Waals surface area (Å²) in [5, 5.41) is 2.52. The molecule has 3 N–H and O–H groups in total. The fraction of sp³-hybridized carbons (Fsp3) is 0.357. The minimum absolute atomic E-state index is 0.0655. The Hall–Kier alpha value is -2.04. The molecule has 1 saturated carbocycles. The molecule has 1 aliphatic rings. The molecule has 3 amide bonds. The molecule has 0 unspecified atom stereocenters. The number of halogens is 1. The highest BCUT2D eigenvalue weighted by Gasteiger charge is 2.26.